The minimum atomic E-state index is -0.138. The zero-order chi connectivity index (χ0) is 11.4. The molecule has 16 heavy (non-hydrogen) atoms. The number of rotatable bonds is 5. The molecule has 1 fully saturated rings. The van der Waals surface area contributed by atoms with Crippen LogP contribution in [-0.4, -0.2) is 29.2 Å². The largest absolute Gasteiger partial charge is 0.351 e. The van der Waals surface area contributed by atoms with Crippen molar-refractivity contribution in [3.8, 4) is 12.3 Å². The van der Waals surface area contributed by atoms with E-state index in [-0.39, 0.29) is 19.0 Å². The van der Waals surface area contributed by atoms with E-state index in [2.05, 4.69) is 26.8 Å². The van der Waals surface area contributed by atoms with Crippen LogP contribution in [0.1, 0.15) is 23.8 Å². The number of terminal acetylenes is 1. The van der Waals surface area contributed by atoms with Crippen molar-refractivity contribution in [2.24, 2.45) is 0 Å². The highest BCUT2D eigenvalue weighted by molar-refractivity contribution is 7.15. The first kappa shape index (κ1) is 10.9. The fraction of sp³-hybridized carbons (Fsp3) is 0.500. The molecule has 0 aromatic carbocycles. The molecule has 0 aliphatic heterocycles. The van der Waals surface area contributed by atoms with Gasteiger partial charge in [-0.1, -0.05) is 17.3 Å². The lowest BCUT2D eigenvalue weighted by molar-refractivity contribution is -0.119. The third-order valence-electron chi connectivity index (χ3n) is 2.16. The van der Waals surface area contributed by atoms with Gasteiger partial charge in [0.25, 0.3) is 0 Å². The van der Waals surface area contributed by atoms with E-state index in [0.29, 0.717) is 11.0 Å². The summed E-state index contributed by atoms with van der Waals surface area (Å²) in [4.78, 5) is 11.2. The Bertz CT molecular complexity index is 419. The van der Waals surface area contributed by atoms with Crippen LogP contribution in [0.5, 0.6) is 0 Å². The summed E-state index contributed by atoms with van der Waals surface area (Å²) in [5.41, 5.74) is 0. The van der Waals surface area contributed by atoms with E-state index in [1.54, 1.807) is 0 Å². The van der Waals surface area contributed by atoms with Crippen molar-refractivity contribution < 1.29 is 4.79 Å². The van der Waals surface area contributed by atoms with Crippen LogP contribution in [0, 0.1) is 12.3 Å². The van der Waals surface area contributed by atoms with Gasteiger partial charge >= 0.3 is 0 Å². The summed E-state index contributed by atoms with van der Waals surface area (Å²) in [5, 5.41) is 15.3. The van der Waals surface area contributed by atoms with E-state index in [9.17, 15) is 4.79 Å². The highest BCUT2D eigenvalue weighted by atomic mass is 32.1. The lowest BCUT2D eigenvalue weighted by Crippen LogP contribution is -2.29. The lowest BCUT2D eigenvalue weighted by Gasteiger charge is -2.01. The first-order valence-electron chi connectivity index (χ1n) is 5.07. The molecule has 0 saturated heterocycles. The average molecular weight is 236 g/mol. The van der Waals surface area contributed by atoms with Crippen LogP contribution in [0.4, 0.5) is 5.13 Å². The first-order valence-corrected chi connectivity index (χ1v) is 5.88. The van der Waals surface area contributed by atoms with E-state index in [1.807, 2.05) is 0 Å². The molecule has 2 rings (SSSR count). The third kappa shape index (κ3) is 2.94. The summed E-state index contributed by atoms with van der Waals surface area (Å²) in [6, 6.07) is 0. The van der Waals surface area contributed by atoms with Crippen LogP contribution in [0.2, 0.25) is 0 Å². The van der Waals surface area contributed by atoms with Crippen molar-refractivity contribution >= 4 is 22.4 Å². The predicted molar refractivity (Wildman–Crippen MR) is 62.2 cm³/mol. The highest BCUT2D eigenvalue weighted by Gasteiger charge is 2.27. The fourth-order valence-electron chi connectivity index (χ4n) is 1.17. The number of hydrogen-bond donors (Lipinski definition) is 2. The summed E-state index contributed by atoms with van der Waals surface area (Å²) in [6.07, 6.45) is 7.43. The number of nitrogens with zero attached hydrogens (tertiary/aromatic N) is 2. The molecular formula is C10H12N4OS. The molecule has 1 aliphatic carbocycles. The smallest absolute Gasteiger partial charge is 0.240 e. The molecule has 1 amide bonds. The Morgan fingerprint density at radius 2 is 2.38 bits per heavy atom. The summed E-state index contributed by atoms with van der Waals surface area (Å²) in [7, 11) is 0. The Balaban J connectivity index is 1.76. The van der Waals surface area contributed by atoms with E-state index >= 15 is 0 Å². The number of aromatic nitrogens is 2. The normalized spacial score (nSPS) is 14.2. The Hall–Kier alpha value is -1.61. The highest BCUT2D eigenvalue weighted by Crippen LogP contribution is 2.41. The minimum Gasteiger partial charge on any atom is -0.351 e. The first-order chi connectivity index (χ1) is 7.79. The monoisotopic (exact) mass is 236 g/mol. The molecule has 1 aromatic heterocycles. The van der Waals surface area contributed by atoms with Gasteiger partial charge in [0.15, 0.2) is 0 Å². The summed E-state index contributed by atoms with van der Waals surface area (Å²) >= 11 is 1.52. The van der Waals surface area contributed by atoms with Gasteiger partial charge < -0.3 is 10.6 Å². The van der Waals surface area contributed by atoms with Gasteiger partial charge in [-0.15, -0.1) is 16.6 Å². The van der Waals surface area contributed by atoms with Gasteiger partial charge in [0.2, 0.25) is 11.0 Å². The number of amides is 1. The topological polar surface area (TPSA) is 66.9 Å². The van der Waals surface area contributed by atoms with Crippen LogP contribution < -0.4 is 10.6 Å². The average Bonchev–Trinajstić information content (AvgIpc) is 3.03. The molecule has 1 saturated carbocycles. The van der Waals surface area contributed by atoms with Crippen LogP contribution >= 0.6 is 11.3 Å². The molecule has 0 spiro atoms. The van der Waals surface area contributed by atoms with Crippen molar-refractivity contribution in [2.75, 3.05) is 18.4 Å². The van der Waals surface area contributed by atoms with Crippen LogP contribution in [0.3, 0.4) is 0 Å². The van der Waals surface area contributed by atoms with Crippen molar-refractivity contribution in [1.82, 2.24) is 15.5 Å². The zero-order valence-electron chi connectivity index (χ0n) is 8.69. The zero-order valence-corrected chi connectivity index (χ0v) is 9.51. The maximum atomic E-state index is 11.2. The molecule has 84 valence electrons. The molecule has 0 atom stereocenters. The number of carbonyl (C=O) groups is 1. The number of anilines is 1. The van der Waals surface area contributed by atoms with Crippen molar-refractivity contribution in [1.29, 1.82) is 0 Å². The fourth-order valence-corrected chi connectivity index (χ4v) is 2.08. The van der Waals surface area contributed by atoms with E-state index in [4.69, 9.17) is 6.42 Å². The number of hydrogen-bond acceptors (Lipinski definition) is 5. The van der Waals surface area contributed by atoms with Crippen molar-refractivity contribution in [3.63, 3.8) is 0 Å². The molecule has 2 N–H and O–H groups in total. The molecule has 1 aliphatic rings. The maximum Gasteiger partial charge on any atom is 0.240 e. The van der Waals surface area contributed by atoms with Crippen molar-refractivity contribution in [3.05, 3.63) is 5.01 Å². The van der Waals surface area contributed by atoms with E-state index < -0.39 is 0 Å². The Morgan fingerprint density at radius 3 is 3.06 bits per heavy atom. The van der Waals surface area contributed by atoms with Gasteiger partial charge in [-0.25, -0.2) is 0 Å². The molecule has 0 unspecified atom stereocenters. The molecule has 5 nitrogen and oxygen atoms in total. The third-order valence-corrected chi connectivity index (χ3v) is 3.20. The van der Waals surface area contributed by atoms with Gasteiger partial charge in [0.05, 0.1) is 13.1 Å². The second kappa shape index (κ2) is 4.94. The van der Waals surface area contributed by atoms with Crippen LogP contribution in [-0.2, 0) is 4.79 Å². The number of carbonyl (C=O) groups excluding carboxylic acids is 1. The number of nitrogens with one attached hydrogen (secondary N) is 2. The SMILES string of the molecule is C#CCNC(=O)CNc1nnc(C2CC2)s1. The van der Waals surface area contributed by atoms with Gasteiger partial charge in [-0.3, -0.25) is 4.79 Å². The van der Waals surface area contributed by atoms with E-state index in [1.165, 1.54) is 24.2 Å². The minimum absolute atomic E-state index is 0.138. The van der Waals surface area contributed by atoms with E-state index in [0.717, 1.165) is 5.01 Å². The molecule has 1 heterocycles. The molecule has 6 heteroatoms. The molecular weight excluding hydrogens is 224 g/mol. The van der Waals surface area contributed by atoms with Gasteiger partial charge in [-0.05, 0) is 12.8 Å². The van der Waals surface area contributed by atoms with Crippen molar-refractivity contribution in [2.45, 2.75) is 18.8 Å². The van der Waals surface area contributed by atoms with Crippen LogP contribution in [0.25, 0.3) is 0 Å². The van der Waals surface area contributed by atoms with Crippen LogP contribution in [0.15, 0.2) is 0 Å². The standard InChI is InChI=1S/C10H12N4OS/c1-2-5-11-8(15)6-12-10-14-13-9(16-10)7-3-4-7/h1,7H,3-6H2,(H,11,15)(H,12,14). The van der Waals surface area contributed by atoms with Gasteiger partial charge in [0.1, 0.15) is 5.01 Å². The Kier molecular flexibility index (Phi) is 3.37. The molecule has 1 aromatic rings. The molecule has 0 radical (unpaired) electrons. The summed E-state index contributed by atoms with van der Waals surface area (Å²) in [6.45, 7) is 0.435. The van der Waals surface area contributed by atoms with Gasteiger partial charge in [-0.2, -0.15) is 0 Å². The maximum absolute atomic E-state index is 11.2. The lowest BCUT2D eigenvalue weighted by atomic mass is 10.5. The Morgan fingerprint density at radius 1 is 1.56 bits per heavy atom. The summed E-state index contributed by atoms with van der Waals surface area (Å²) < 4.78 is 0. The second-order valence-corrected chi connectivity index (χ2v) is 4.56. The summed E-state index contributed by atoms with van der Waals surface area (Å²) in [5.74, 6) is 2.80. The Labute approximate surface area is 97.7 Å². The molecule has 0 bridgehead atoms. The predicted octanol–water partition coefficient (Wildman–Crippen LogP) is 0.577. The second-order valence-electron chi connectivity index (χ2n) is 3.55. The van der Waals surface area contributed by atoms with Gasteiger partial charge in [0, 0.05) is 5.92 Å². The quantitative estimate of drug-likeness (QED) is 0.734.